The fraction of sp³-hybridized carbons (Fsp3) is 0.647. The van der Waals surface area contributed by atoms with Gasteiger partial charge in [-0.15, -0.1) is 0 Å². The van der Waals surface area contributed by atoms with Crippen molar-refractivity contribution >= 4 is 11.4 Å². The maximum atomic E-state index is 13.4. The number of anilines is 1. The third kappa shape index (κ3) is 4.88. The van der Waals surface area contributed by atoms with Gasteiger partial charge >= 0.3 is 6.18 Å². The Labute approximate surface area is 154 Å². The summed E-state index contributed by atoms with van der Waals surface area (Å²) >= 11 is 0. The largest absolute Gasteiger partial charge is 0.418 e. The van der Waals surface area contributed by atoms with E-state index in [9.17, 15) is 23.3 Å². The van der Waals surface area contributed by atoms with Gasteiger partial charge in [0.05, 0.1) is 30.3 Å². The quantitative estimate of drug-likeness (QED) is 0.596. The molecule has 0 radical (unpaired) electrons. The molecule has 150 valence electrons. The normalized spacial score (nSPS) is 22.6. The van der Waals surface area contributed by atoms with E-state index in [4.69, 9.17) is 9.47 Å². The third-order valence-electron chi connectivity index (χ3n) is 5.04. The standard InChI is InChI=1S/C17H22F3N3O4/c18-17(19,20)14-9-13(23(24)25)1-2-15(14)21-10-16(12-3-6-27-11-12)22-4-7-26-8-5-22/h1-2,9,12,16,21H,3-8,10-11H2. The summed E-state index contributed by atoms with van der Waals surface area (Å²) in [7, 11) is 0. The molecule has 1 N–H and O–H groups in total. The average molecular weight is 389 g/mol. The van der Waals surface area contributed by atoms with Crippen LogP contribution in [0.4, 0.5) is 24.5 Å². The van der Waals surface area contributed by atoms with Crippen molar-refractivity contribution in [3.05, 3.63) is 33.9 Å². The van der Waals surface area contributed by atoms with E-state index in [1.807, 2.05) is 0 Å². The lowest BCUT2D eigenvalue weighted by atomic mass is 9.96. The van der Waals surface area contributed by atoms with Crippen molar-refractivity contribution in [2.24, 2.45) is 5.92 Å². The number of hydrogen-bond donors (Lipinski definition) is 1. The molecule has 2 atom stereocenters. The molecule has 2 heterocycles. The number of nitrogens with one attached hydrogen (secondary N) is 1. The highest BCUT2D eigenvalue weighted by atomic mass is 19.4. The first-order valence-corrected chi connectivity index (χ1v) is 8.85. The maximum Gasteiger partial charge on any atom is 0.418 e. The highest BCUT2D eigenvalue weighted by molar-refractivity contribution is 5.57. The van der Waals surface area contributed by atoms with E-state index in [2.05, 4.69) is 10.2 Å². The fourth-order valence-electron chi connectivity index (χ4n) is 3.61. The van der Waals surface area contributed by atoms with Gasteiger partial charge in [-0.2, -0.15) is 13.2 Å². The minimum atomic E-state index is -4.68. The first-order valence-electron chi connectivity index (χ1n) is 8.85. The second-order valence-corrected chi connectivity index (χ2v) is 6.71. The highest BCUT2D eigenvalue weighted by Crippen LogP contribution is 2.37. The molecule has 1 aromatic carbocycles. The fourth-order valence-corrected chi connectivity index (χ4v) is 3.61. The molecule has 0 bridgehead atoms. The number of halogens is 3. The van der Waals surface area contributed by atoms with Gasteiger partial charge in [0.2, 0.25) is 0 Å². The molecular formula is C17H22F3N3O4. The summed E-state index contributed by atoms with van der Waals surface area (Å²) in [4.78, 5) is 12.2. The topological polar surface area (TPSA) is 76.9 Å². The number of nitrogens with zero attached hydrogens (tertiary/aromatic N) is 2. The lowest BCUT2D eigenvalue weighted by Gasteiger charge is -2.37. The summed E-state index contributed by atoms with van der Waals surface area (Å²) in [5.74, 6) is 0.225. The van der Waals surface area contributed by atoms with E-state index >= 15 is 0 Å². The molecule has 2 unspecified atom stereocenters. The van der Waals surface area contributed by atoms with Gasteiger partial charge in [-0.05, 0) is 12.5 Å². The monoisotopic (exact) mass is 389 g/mol. The molecule has 2 fully saturated rings. The van der Waals surface area contributed by atoms with Crippen LogP contribution in [-0.2, 0) is 15.7 Å². The van der Waals surface area contributed by atoms with Gasteiger partial charge in [0.25, 0.3) is 5.69 Å². The van der Waals surface area contributed by atoms with Crippen molar-refractivity contribution in [1.82, 2.24) is 4.90 Å². The minimum Gasteiger partial charge on any atom is -0.383 e. The third-order valence-corrected chi connectivity index (χ3v) is 5.04. The van der Waals surface area contributed by atoms with Crippen LogP contribution < -0.4 is 5.32 Å². The molecule has 0 aliphatic carbocycles. The van der Waals surface area contributed by atoms with E-state index in [-0.39, 0.29) is 17.6 Å². The van der Waals surface area contributed by atoms with Crippen LogP contribution in [0.2, 0.25) is 0 Å². The van der Waals surface area contributed by atoms with Crippen molar-refractivity contribution in [2.75, 3.05) is 51.4 Å². The number of nitro benzene ring substituents is 1. The second kappa shape index (κ2) is 8.41. The first kappa shape index (κ1) is 19.8. The van der Waals surface area contributed by atoms with Crippen LogP contribution in [0.3, 0.4) is 0 Å². The summed E-state index contributed by atoms with van der Waals surface area (Å²) in [6.45, 7) is 4.15. The Balaban J connectivity index is 1.78. The molecule has 27 heavy (non-hydrogen) atoms. The summed E-state index contributed by atoms with van der Waals surface area (Å²) in [5.41, 5.74) is -1.76. The van der Waals surface area contributed by atoms with Crippen LogP contribution in [0, 0.1) is 16.0 Å². The first-order chi connectivity index (χ1) is 12.9. The Morgan fingerprint density at radius 3 is 2.59 bits per heavy atom. The van der Waals surface area contributed by atoms with Gasteiger partial charge in [-0.3, -0.25) is 15.0 Å². The minimum absolute atomic E-state index is 0.00711. The number of non-ortho nitro benzene ring substituents is 1. The SMILES string of the molecule is O=[N+]([O-])c1ccc(NCC(C2CCOC2)N2CCOCC2)c(C(F)(F)F)c1. The van der Waals surface area contributed by atoms with Crippen molar-refractivity contribution in [3.8, 4) is 0 Å². The van der Waals surface area contributed by atoms with E-state index in [1.165, 1.54) is 0 Å². The maximum absolute atomic E-state index is 13.4. The van der Waals surface area contributed by atoms with Gasteiger partial charge in [0.15, 0.2) is 0 Å². The zero-order valence-electron chi connectivity index (χ0n) is 14.7. The summed E-state index contributed by atoms with van der Waals surface area (Å²) in [6, 6.07) is 2.79. The molecule has 0 spiro atoms. The molecular weight excluding hydrogens is 367 g/mol. The molecule has 0 aromatic heterocycles. The number of morpholine rings is 1. The van der Waals surface area contributed by atoms with Crippen LogP contribution in [-0.4, -0.2) is 61.9 Å². The Hall–Kier alpha value is -1.91. The number of alkyl halides is 3. The second-order valence-electron chi connectivity index (χ2n) is 6.71. The molecule has 10 heteroatoms. The zero-order chi connectivity index (χ0) is 19.4. The predicted molar refractivity (Wildman–Crippen MR) is 91.7 cm³/mol. The number of ether oxygens (including phenoxy) is 2. The van der Waals surface area contributed by atoms with Gasteiger partial charge in [-0.1, -0.05) is 0 Å². The van der Waals surface area contributed by atoms with Gasteiger partial charge in [0.1, 0.15) is 0 Å². The number of hydrogen-bond acceptors (Lipinski definition) is 6. The lowest BCUT2D eigenvalue weighted by Crippen LogP contribution is -2.50. The van der Waals surface area contributed by atoms with Crippen LogP contribution in [0.5, 0.6) is 0 Å². The molecule has 2 aliphatic heterocycles. The molecule has 7 nitrogen and oxygen atoms in total. The Kier molecular flexibility index (Phi) is 6.18. The molecule has 3 rings (SSSR count). The van der Waals surface area contributed by atoms with E-state index < -0.39 is 22.4 Å². The van der Waals surface area contributed by atoms with Crippen LogP contribution in [0.25, 0.3) is 0 Å². The van der Waals surface area contributed by atoms with Gasteiger partial charge in [-0.25, -0.2) is 0 Å². The highest BCUT2D eigenvalue weighted by Gasteiger charge is 2.36. The lowest BCUT2D eigenvalue weighted by molar-refractivity contribution is -0.385. The summed E-state index contributed by atoms with van der Waals surface area (Å²) in [5, 5.41) is 13.7. The molecule has 0 saturated carbocycles. The Morgan fingerprint density at radius 2 is 2.00 bits per heavy atom. The predicted octanol–water partition coefficient (Wildman–Crippen LogP) is 2.76. The number of rotatable bonds is 6. The van der Waals surface area contributed by atoms with E-state index in [0.717, 1.165) is 31.6 Å². The summed E-state index contributed by atoms with van der Waals surface area (Å²) in [6.07, 6.45) is -3.82. The molecule has 0 amide bonds. The van der Waals surface area contributed by atoms with Crippen molar-refractivity contribution in [3.63, 3.8) is 0 Å². The summed E-state index contributed by atoms with van der Waals surface area (Å²) < 4.78 is 50.9. The number of benzene rings is 1. The van der Waals surface area contributed by atoms with Crippen LogP contribution in [0.1, 0.15) is 12.0 Å². The van der Waals surface area contributed by atoms with Crippen molar-refractivity contribution < 1.29 is 27.6 Å². The number of nitro groups is 1. The van der Waals surface area contributed by atoms with Crippen LogP contribution in [0.15, 0.2) is 18.2 Å². The van der Waals surface area contributed by atoms with E-state index in [1.54, 1.807) is 0 Å². The Bertz CT molecular complexity index is 659. The zero-order valence-corrected chi connectivity index (χ0v) is 14.7. The van der Waals surface area contributed by atoms with Gasteiger partial charge in [0, 0.05) is 56.0 Å². The Morgan fingerprint density at radius 1 is 1.26 bits per heavy atom. The molecule has 2 saturated heterocycles. The average Bonchev–Trinajstić information content (AvgIpc) is 3.16. The molecule has 1 aromatic rings. The van der Waals surface area contributed by atoms with Crippen molar-refractivity contribution in [2.45, 2.75) is 18.6 Å². The van der Waals surface area contributed by atoms with Gasteiger partial charge < -0.3 is 14.8 Å². The van der Waals surface area contributed by atoms with Crippen LogP contribution >= 0.6 is 0 Å². The van der Waals surface area contributed by atoms with E-state index in [0.29, 0.717) is 39.0 Å². The molecule has 2 aliphatic rings. The van der Waals surface area contributed by atoms with Crippen molar-refractivity contribution in [1.29, 1.82) is 0 Å². The smallest absolute Gasteiger partial charge is 0.383 e.